The molecule has 0 unspecified atom stereocenters. The number of benzene rings is 2. The Kier molecular flexibility index (Phi) is 4.48. The van der Waals surface area contributed by atoms with Crippen molar-refractivity contribution in [2.45, 2.75) is 6.54 Å². The fourth-order valence-corrected chi connectivity index (χ4v) is 2.46. The van der Waals surface area contributed by atoms with E-state index in [-0.39, 0.29) is 5.91 Å². The molecule has 3 heteroatoms. The lowest BCUT2D eigenvalue weighted by molar-refractivity contribution is 0.0779. The zero-order valence-corrected chi connectivity index (χ0v) is 13.0. The number of carbonyl (C=O) groups is 1. The number of pyridine rings is 1. The van der Waals surface area contributed by atoms with E-state index in [4.69, 9.17) is 0 Å². The smallest absolute Gasteiger partial charge is 0.272 e. The van der Waals surface area contributed by atoms with E-state index in [9.17, 15) is 4.79 Å². The standard InChI is InChI=1S/C20H18N2O/c1-22(20(23)19-9-5-6-14-21-19)15-16-10-12-18(13-11-16)17-7-3-2-4-8-17/h2-14H,15H2,1H3. The van der Waals surface area contributed by atoms with Crippen molar-refractivity contribution in [1.29, 1.82) is 0 Å². The van der Waals surface area contributed by atoms with Gasteiger partial charge < -0.3 is 4.90 Å². The predicted octanol–water partition coefficient (Wildman–Crippen LogP) is 4.02. The van der Waals surface area contributed by atoms with Crippen molar-refractivity contribution in [2.24, 2.45) is 0 Å². The third kappa shape index (κ3) is 3.64. The van der Waals surface area contributed by atoms with Gasteiger partial charge in [-0.05, 0) is 28.8 Å². The molecule has 0 spiro atoms. The minimum Gasteiger partial charge on any atom is -0.336 e. The molecule has 23 heavy (non-hydrogen) atoms. The van der Waals surface area contributed by atoms with Crippen LogP contribution in [0.5, 0.6) is 0 Å². The van der Waals surface area contributed by atoms with E-state index in [1.165, 1.54) is 11.1 Å². The van der Waals surface area contributed by atoms with Gasteiger partial charge in [0.2, 0.25) is 0 Å². The number of amides is 1. The third-order valence-electron chi connectivity index (χ3n) is 3.71. The molecule has 0 fully saturated rings. The van der Waals surface area contributed by atoms with E-state index >= 15 is 0 Å². The Morgan fingerprint density at radius 1 is 0.870 bits per heavy atom. The minimum absolute atomic E-state index is 0.0715. The van der Waals surface area contributed by atoms with Crippen LogP contribution < -0.4 is 0 Å². The number of nitrogens with zero attached hydrogens (tertiary/aromatic N) is 2. The molecule has 114 valence electrons. The molecule has 3 nitrogen and oxygen atoms in total. The molecule has 0 aliphatic carbocycles. The monoisotopic (exact) mass is 302 g/mol. The Balaban J connectivity index is 1.70. The van der Waals surface area contributed by atoms with Gasteiger partial charge in [-0.25, -0.2) is 0 Å². The lowest BCUT2D eigenvalue weighted by Crippen LogP contribution is -2.26. The molecule has 0 saturated carbocycles. The summed E-state index contributed by atoms with van der Waals surface area (Å²) < 4.78 is 0. The maximum absolute atomic E-state index is 12.3. The van der Waals surface area contributed by atoms with Gasteiger partial charge in [0.15, 0.2) is 0 Å². The lowest BCUT2D eigenvalue weighted by Gasteiger charge is -2.17. The Morgan fingerprint density at radius 2 is 1.52 bits per heavy atom. The van der Waals surface area contributed by atoms with Gasteiger partial charge >= 0.3 is 0 Å². The maximum Gasteiger partial charge on any atom is 0.272 e. The van der Waals surface area contributed by atoms with Crippen molar-refractivity contribution < 1.29 is 4.79 Å². The highest BCUT2D eigenvalue weighted by Crippen LogP contribution is 2.19. The van der Waals surface area contributed by atoms with Crippen molar-refractivity contribution >= 4 is 5.91 Å². The van der Waals surface area contributed by atoms with Crippen molar-refractivity contribution in [2.75, 3.05) is 7.05 Å². The molecule has 1 aromatic heterocycles. The summed E-state index contributed by atoms with van der Waals surface area (Å²) in [6.07, 6.45) is 1.63. The molecule has 0 bridgehead atoms. The average Bonchev–Trinajstić information content (AvgIpc) is 2.63. The van der Waals surface area contributed by atoms with Gasteiger partial charge in [0, 0.05) is 19.8 Å². The quantitative estimate of drug-likeness (QED) is 0.729. The van der Waals surface area contributed by atoms with E-state index in [0.29, 0.717) is 12.2 Å². The molecular weight excluding hydrogens is 284 g/mol. The van der Waals surface area contributed by atoms with Crippen LogP contribution in [0.1, 0.15) is 16.1 Å². The zero-order chi connectivity index (χ0) is 16.1. The highest BCUT2D eigenvalue weighted by atomic mass is 16.2. The van der Waals surface area contributed by atoms with E-state index in [0.717, 1.165) is 5.56 Å². The minimum atomic E-state index is -0.0715. The molecule has 0 N–H and O–H groups in total. The topological polar surface area (TPSA) is 33.2 Å². The van der Waals surface area contributed by atoms with Gasteiger partial charge in [-0.15, -0.1) is 0 Å². The second-order valence-electron chi connectivity index (χ2n) is 5.44. The van der Waals surface area contributed by atoms with Gasteiger partial charge in [-0.2, -0.15) is 0 Å². The summed E-state index contributed by atoms with van der Waals surface area (Å²) in [6.45, 7) is 0.560. The van der Waals surface area contributed by atoms with Crippen molar-refractivity contribution in [3.8, 4) is 11.1 Å². The fourth-order valence-electron chi connectivity index (χ4n) is 2.46. The van der Waals surface area contributed by atoms with Crippen LogP contribution in [-0.4, -0.2) is 22.8 Å². The van der Waals surface area contributed by atoms with Crippen LogP contribution >= 0.6 is 0 Å². The third-order valence-corrected chi connectivity index (χ3v) is 3.71. The highest BCUT2D eigenvalue weighted by Gasteiger charge is 2.12. The largest absolute Gasteiger partial charge is 0.336 e. The summed E-state index contributed by atoms with van der Waals surface area (Å²) in [5, 5.41) is 0. The van der Waals surface area contributed by atoms with Crippen molar-refractivity contribution in [1.82, 2.24) is 9.88 Å². The summed E-state index contributed by atoms with van der Waals surface area (Å²) >= 11 is 0. The molecule has 0 radical (unpaired) electrons. The van der Waals surface area contributed by atoms with Gasteiger partial charge in [0.05, 0.1) is 0 Å². The number of carbonyl (C=O) groups excluding carboxylic acids is 1. The SMILES string of the molecule is CN(Cc1ccc(-c2ccccc2)cc1)C(=O)c1ccccn1. The molecule has 1 heterocycles. The second-order valence-corrected chi connectivity index (χ2v) is 5.44. The molecule has 1 amide bonds. The Bertz CT molecular complexity index is 768. The van der Waals surface area contributed by atoms with Crippen molar-refractivity contribution in [3.05, 3.63) is 90.3 Å². The first-order chi connectivity index (χ1) is 11.2. The number of aromatic nitrogens is 1. The van der Waals surface area contributed by atoms with Crippen LogP contribution in [0.2, 0.25) is 0 Å². The lowest BCUT2D eigenvalue weighted by atomic mass is 10.0. The highest BCUT2D eigenvalue weighted by molar-refractivity contribution is 5.92. The van der Waals surface area contributed by atoms with Crippen LogP contribution in [0.25, 0.3) is 11.1 Å². The van der Waals surface area contributed by atoms with E-state index in [1.807, 2.05) is 24.3 Å². The van der Waals surface area contributed by atoms with E-state index in [2.05, 4.69) is 41.4 Å². The first-order valence-corrected chi connectivity index (χ1v) is 7.55. The molecular formula is C20H18N2O. The van der Waals surface area contributed by atoms with E-state index in [1.54, 1.807) is 30.3 Å². The first kappa shape index (κ1) is 15.0. The van der Waals surface area contributed by atoms with Crippen LogP contribution in [0.3, 0.4) is 0 Å². The summed E-state index contributed by atoms with van der Waals surface area (Å²) in [4.78, 5) is 18.1. The summed E-state index contributed by atoms with van der Waals surface area (Å²) in [5.74, 6) is -0.0715. The molecule has 0 saturated heterocycles. The van der Waals surface area contributed by atoms with Crippen molar-refractivity contribution in [3.63, 3.8) is 0 Å². The summed E-state index contributed by atoms with van der Waals surface area (Å²) in [6, 6.07) is 23.9. The van der Waals surface area contributed by atoms with Crippen LogP contribution in [0.15, 0.2) is 79.0 Å². The van der Waals surface area contributed by atoms with Gasteiger partial charge in [-0.1, -0.05) is 60.7 Å². The number of hydrogen-bond acceptors (Lipinski definition) is 2. The predicted molar refractivity (Wildman–Crippen MR) is 91.9 cm³/mol. The van der Waals surface area contributed by atoms with Gasteiger partial charge in [0.1, 0.15) is 5.69 Å². The molecule has 0 aliphatic heterocycles. The van der Waals surface area contributed by atoms with Crippen LogP contribution in [-0.2, 0) is 6.54 Å². The zero-order valence-electron chi connectivity index (χ0n) is 13.0. The Labute approximate surface area is 136 Å². The summed E-state index contributed by atoms with van der Waals surface area (Å²) in [7, 11) is 1.79. The van der Waals surface area contributed by atoms with Gasteiger partial charge in [0.25, 0.3) is 5.91 Å². The second kappa shape index (κ2) is 6.88. The number of rotatable bonds is 4. The van der Waals surface area contributed by atoms with Gasteiger partial charge in [-0.3, -0.25) is 9.78 Å². The first-order valence-electron chi connectivity index (χ1n) is 7.55. The molecule has 3 aromatic rings. The Morgan fingerprint density at radius 3 is 2.17 bits per heavy atom. The van der Waals surface area contributed by atoms with Crippen LogP contribution in [0.4, 0.5) is 0 Å². The molecule has 0 aliphatic rings. The molecule has 3 rings (SSSR count). The molecule has 0 atom stereocenters. The maximum atomic E-state index is 12.3. The average molecular weight is 302 g/mol. The van der Waals surface area contributed by atoms with E-state index < -0.39 is 0 Å². The fraction of sp³-hybridized carbons (Fsp3) is 0.100. The number of hydrogen-bond donors (Lipinski definition) is 0. The normalized spacial score (nSPS) is 10.3. The molecule has 2 aromatic carbocycles. The Hall–Kier alpha value is -2.94. The van der Waals surface area contributed by atoms with Crippen LogP contribution in [0, 0.1) is 0 Å². The summed E-state index contributed by atoms with van der Waals surface area (Å²) in [5.41, 5.74) is 3.93.